The Morgan fingerprint density at radius 2 is 1.93 bits per heavy atom. The summed E-state index contributed by atoms with van der Waals surface area (Å²) in [7, 11) is 0. The standard InChI is InChI=1S/C20H28N4O3.ClH/c1-3-15-5-7-16(8-6-15)20-21-18(27-22-20)13-23-11-9-17(10-12-23)24(4-2)14-19(25)26;/h5-8,17H,3-4,9-14H2,1-2H3,(H,25,26);1H. The first kappa shape index (κ1) is 22.3. The molecule has 0 unspecified atom stereocenters. The van der Waals surface area contributed by atoms with Crippen LogP contribution in [0.15, 0.2) is 28.8 Å². The van der Waals surface area contributed by atoms with Gasteiger partial charge in [-0.15, -0.1) is 12.4 Å². The van der Waals surface area contributed by atoms with Crippen molar-refractivity contribution in [3.8, 4) is 11.4 Å². The number of rotatable bonds is 8. The first-order valence-corrected chi connectivity index (χ1v) is 9.69. The SMILES string of the molecule is CCc1ccc(-c2noc(CN3CCC(N(CC)CC(=O)O)CC3)n2)cc1.Cl. The minimum Gasteiger partial charge on any atom is -0.480 e. The van der Waals surface area contributed by atoms with E-state index in [1.54, 1.807) is 0 Å². The van der Waals surface area contributed by atoms with E-state index >= 15 is 0 Å². The van der Waals surface area contributed by atoms with E-state index in [-0.39, 0.29) is 19.0 Å². The van der Waals surface area contributed by atoms with Crippen molar-refractivity contribution in [3.05, 3.63) is 35.7 Å². The van der Waals surface area contributed by atoms with Crippen LogP contribution in [0.2, 0.25) is 0 Å². The van der Waals surface area contributed by atoms with Crippen LogP contribution in [-0.4, -0.2) is 63.2 Å². The predicted octanol–water partition coefficient (Wildman–Crippen LogP) is 3.09. The second-order valence-electron chi connectivity index (χ2n) is 7.03. The third kappa shape index (κ3) is 5.77. The Morgan fingerprint density at radius 3 is 2.50 bits per heavy atom. The van der Waals surface area contributed by atoms with Crippen LogP contribution in [0.25, 0.3) is 11.4 Å². The Labute approximate surface area is 172 Å². The molecule has 1 saturated heterocycles. The van der Waals surface area contributed by atoms with Gasteiger partial charge in [0.15, 0.2) is 0 Å². The molecule has 0 bridgehead atoms. The highest BCUT2D eigenvalue weighted by atomic mass is 35.5. The van der Waals surface area contributed by atoms with E-state index in [0.29, 0.717) is 24.3 Å². The third-order valence-electron chi connectivity index (χ3n) is 5.27. The summed E-state index contributed by atoms with van der Waals surface area (Å²) in [6.45, 7) is 7.48. The topological polar surface area (TPSA) is 82.7 Å². The van der Waals surface area contributed by atoms with Crippen molar-refractivity contribution in [2.45, 2.75) is 45.7 Å². The van der Waals surface area contributed by atoms with Gasteiger partial charge in [0.1, 0.15) is 0 Å². The van der Waals surface area contributed by atoms with Gasteiger partial charge < -0.3 is 9.63 Å². The molecular weight excluding hydrogens is 380 g/mol. The van der Waals surface area contributed by atoms with Crippen LogP contribution in [0.1, 0.15) is 38.1 Å². The third-order valence-corrected chi connectivity index (χ3v) is 5.27. The van der Waals surface area contributed by atoms with E-state index in [0.717, 1.165) is 44.5 Å². The number of carboxylic acid groups (broad SMARTS) is 1. The number of nitrogens with zero attached hydrogens (tertiary/aromatic N) is 4. The number of piperidine rings is 1. The molecular formula is C20H29ClN4O3. The molecule has 1 aromatic carbocycles. The highest BCUT2D eigenvalue weighted by Gasteiger charge is 2.26. The molecule has 2 heterocycles. The largest absolute Gasteiger partial charge is 0.480 e. The number of carbonyl (C=O) groups is 1. The minimum atomic E-state index is -0.760. The fourth-order valence-electron chi connectivity index (χ4n) is 3.63. The quantitative estimate of drug-likeness (QED) is 0.718. The Balaban J connectivity index is 0.00000280. The molecule has 1 fully saturated rings. The lowest BCUT2D eigenvalue weighted by molar-refractivity contribution is -0.139. The molecule has 1 aliphatic rings. The van der Waals surface area contributed by atoms with Crippen LogP contribution in [0, 0.1) is 0 Å². The van der Waals surface area contributed by atoms with Gasteiger partial charge in [0, 0.05) is 24.7 Å². The fraction of sp³-hybridized carbons (Fsp3) is 0.550. The van der Waals surface area contributed by atoms with Crippen LogP contribution in [-0.2, 0) is 17.8 Å². The number of halogens is 1. The lowest BCUT2D eigenvalue weighted by atomic mass is 10.0. The molecule has 154 valence electrons. The summed E-state index contributed by atoms with van der Waals surface area (Å²) in [4.78, 5) is 19.9. The molecule has 0 atom stereocenters. The lowest BCUT2D eigenvalue weighted by Gasteiger charge is -2.36. The second-order valence-corrected chi connectivity index (χ2v) is 7.03. The van der Waals surface area contributed by atoms with Gasteiger partial charge in [-0.05, 0) is 31.4 Å². The number of benzene rings is 1. The maximum absolute atomic E-state index is 11.0. The predicted molar refractivity (Wildman–Crippen MR) is 110 cm³/mol. The summed E-state index contributed by atoms with van der Waals surface area (Å²) in [5.41, 5.74) is 2.25. The summed E-state index contributed by atoms with van der Waals surface area (Å²) in [5.74, 6) is 0.492. The van der Waals surface area contributed by atoms with Gasteiger partial charge >= 0.3 is 5.97 Å². The van der Waals surface area contributed by atoms with Crippen LogP contribution in [0.3, 0.4) is 0 Å². The molecule has 0 spiro atoms. The maximum Gasteiger partial charge on any atom is 0.317 e. The van der Waals surface area contributed by atoms with Crippen molar-refractivity contribution in [1.82, 2.24) is 19.9 Å². The van der Waals surface area contributed by atoms with Crippen molar-refractivity contribution in [3.63, 3.8) is 0 Å². The van der Waals surface area contributed by atoms with Crippen LogP contribution < -0.4 is 0 Å². The number of aromatic nitrogens is 2. The van der Waals surface area contributed by atoms with Gasteiger partial charge in [-0.2, -0.15) is 4.98 Å². The average Bonchev–Trinajstić information content (AvgIpc) is 3.15. The van der Waals surface area contributed by atoms with Crippen LogP contribution >= 0.6 is 12.4 Å². The van der Waals surface area contributed by atoms with Gasteiger partial charge in [0.05, 0.1) is 13.1 Å². The summed E-state index contributed by atoms with van der Waals surface area (Å²) >= 11 is 0. The van der Waals surface area contributed by atoms with E-state index in [9.17, 15) is 4.79 Å². The van der Waals surface area contributed by atoms with Crippen molar-refractivity contribution in [2.75, 3.05) is 26.2 Å². The zero-order valence-electron chi connectivity index (χ0n) is 16.5. The number of likely N-dealkylation sites (N-methyl/N-ethyl adjacent to an activating group) is 1. The molecule has 3 rings (SSSR count). The molecule has 1 aromatic heterocycles. The van der Waals surface area contributed by atoms with Gasteiger partial charge in [-0.3, -0.25) is 14.6 Å². The minimum absolute atomic E-state index is 0. The van der Waals surface area contributed by atoms with E-state index < -0.39 is 5.97 Å². The highest BCUT2D eigenvalue weighted by molar-refractivity contribution is 5.85. The van der Waals surface area contributed by atoms with Gasteiger partial charge in [-0.25, -0.2) is 0 Å². The van der Waals surface area contributed by atoms with Crippen LogP contribution in [0.4, 0.5) is 0 Å². The van der Waals surface area contributed by atoms with Crippen molar-refractivity contribution < 1.29 is 14.4 Å². The molecule has 1 aliphatic heterocycles. The van der Waals surface area contributed by atoms with E-state index in [1.165, 1.54) is 5.56 Å². The monoisotopic (exact) mass is 408 g/mol. The molecule has 0 radical (unpaired) electrons. The molecule has 8 heteroatoms. The number of carboxylic acids is 1. The zero-order chi connectivity index (χ0) is 19.2. The van der Waals surface area contributed by atoms with Crippen molar-refractivity contribution in [2.24, 2.45) is 0 Å². The van der Waals surface area contributed by atoms with Crippen molar-refractivity contribution in [1.29, 1.82) is 0 Å². The van der Waals surface area contributed by atoms with Gasteiger partial charge in [0.25, 0.3) is 0 Å². The molecule has 0 aliphatic carbocycles. The zero-order valence-corrected chi connectivity index (χ0v) is 17.3. The van der Waals surface area contributed by atoms with E-state index in [2.05, 4.69) is 34.1 Å². The number of likely N-dealkylation sites (tertiary alicyclic amines) is 1. The van der Waals surface area contributed by atoms with Crippen molar-refractivity contribution >= 4 is 18.4 Å². The number of hydrogen-bond donors (Lipinski definition) is 1. The summed E-state index contributed by atoms with van der Waals surface area (Å²) in [6, 6.07) is 8.57. The Bertz CT molecular complexity index is 742. The normalized spacial score (nSPS) is 15.5. The smallest absolute Gasteiger partial charge is 0.317 e. The summed E-state index contributed by atoms with van der Waals surface area (Å²) < 4.78 is 5.44. The highest BCUT2D eigenvalue weighted by Crippen LogP contribution is 2.20. The Morgan fingerprint density at radius 1 is 1.25 bits per heavy atom. The second kappa shape index (κ2) is 10.5. The number of hydrogen-bond acceptors (Lipinski definition) is 6. The maximum atomic E-state index is 11.0. The molecule has 2 aromatic rings. The average molecular weight is 409 g/mol. The Hall–Kier alpha value is -1.96. The van der Waals surface area contributed by atoms with Crippen LogP contribution in [0.5, 0.6) is 0 Å². The number of aliphatic carboxylic acids is 1. The molecule has 28 heavy (non-hydrogen) atoms. The molecule has 1 N–H and O–H groups in total. The Kier molecular flexibility index (Phi) is 8.41. The molecule has 0 saturated carbocycles. The van der Waals surface area contributed by atoms with Gasteiger partial charge in [0.2, 0.25) is 11.7 Å². The van der Waals surface area contributed by atoms with E-state index in [1.807, 2.05) is 24.0 Å². The fourth-order valence-corrected chi connectivity index (χ4v) is 3.63. The first-order chi connectivity index (χ1) is 13.1. The summed E-state index contributed by atoms with van der Waals surface area (Å²) in [6.07, 6.45) is 2.93. The molecule has 7 nitrogen and oxygen atoms in total. The number of aryl methyl sites for hydroxylation is 1. The summed E-state index contributed by atoms with van der Waals surface area (Å²) in [5, 5.41) is 13.1. The van der Waals surface area contributed by atoms with E-state index in [4.69, 9.17) is 9.63 Å². The lowest BCUT2D eigenvalue weighted by Crippen LogP contribution is -2.46. The molecule has 0 amide bonds. The first-order valence-electron chi connectivity index (χ1n) is 9.69. The van der Waals surface area contributed by atoms with Gasteiger partial charge in [-0.1, -0.05) is 43.3 Å².